The zero-order valence-corrected chi connectivity index (χ0v) is 12.2. The van der Waals surface area contributed by atoms with Crippen LogP contribution in [-0.2, 0) is 4.79 Å². The summed E-state index contributed by atoms with van der Waals surface area (Å²) in [6, 6.07) is 7.83. The number of hydrogen-bond donors (Lipinski definition) is 3. The van der Waals surface area contributed by atoms with Crippen LogP contribution in [0.3, 0.4) is 0 Å². The highest BCUT2D eigenvalue weighted by Crippen LogP contribution is 2.22. The van der Waals surface area contributed by atoms with E-state index in [2.05, 4.69) is 25.8 Å². The number of nitrogens with one attached hydrogen (secondary N) is 3. The smallest absolute Gasteiger partial charge is 0.229 e. The van der Waals surface area contributed by atoms with Crippen LogP contribution in [0.25, 0.3) is 11.4 Å². The molecule has 6 nitrogen and oxygen atoms in total. The average molecular weight is 285 g/mol. The summed E-state index contributed by atoms with van der Waals surface area (Å²) in [5, 5.41) is 13.2. The van der Waals surface area contributed by atoms with Gasteiger partial charge in [0.05, 0.1) is 5.92 Å². The third kappa shape index (κ3) is 2.95. The Morgan fingerprint density at radius 1 is 1.43 bits per heavy atom. The molecule has 2 aromatic rings. The van der Waals surface area contributed by atoms with Crippen molar-refractivity contribution < 1.29 is 4.79 Å². The maximum atomic E-state index is 12.3. The molecule has 3 rings (SSSR count). The lowest BCUT2D eigenvalue weighted by atomic mass is 10.0. The number of H-pyrrole nitrogens is 1. The Morgan fingerprint density at radius 3 is 2.95 bits per heavy atom. The molecule has 0 saturated carbocycles. The average Bonchev–Trinajstić information content (AvgIpc) is 3.08. The van der Waals surface area contributed by atoms with Crippen LogP contribution in [0.15, 0.2) is 24.3 Å². The maximum absolute atomic E-state index is 12.3. The van der Waals surface area contributed by atoms with Gasteiger partial charge in [-0.15, -0.1) is 0 Å². The third-order valence-corrected chi connectivity index (χ3v) is 3.85. The van der Waals surface area contributed by atoms with Gasteiger partial charge >= 0.3 is 0 Å². The lowest BCUT2D eigenvalue weighted by molar-refractivity contribution is -0.119. The first kappa shape index (κ1) is 13.8. The molecule has 110 valence electrons. The second-order valence-corrected chi connectivity index (χ2v) is 5.45. The second kappa shape index (κ2) is 5.65. The van der Waals surface area contributed by atoms with Gasteiger partial charge in [0.1, 0.15) is 5.82 Å². The lowest BCUT2D eigenvalue weighted by Gasteiger charge is -2.15. The van der Waals surface area contributed by atoms with Crippen molar-refractivity contribution in [1.82, 2.24) is 20.5 Å². The highest BCUT2D eigenvalue weighted by molar-refractivity contribution is 5.93. The van der Waals surface area contributed by atoms with Gasteiger partial charge in [0.2, 0.25) is 5.91 Å². The first-order chi connectivity index (χ1) is 10.1. The van der Waals surface area contributed by atoms with Crippen molar-refractivity contribution in [3.8, 4) is 11.4 Å². The molecule has 1 saturated heterocycles. The van der Waals surface area contributed by atoms with Crippen LogP contribution in [0.1, 0.15) is 19.2 Å². The third-order valence-electron chi connectivity index (χ3n) is 3.85. The molecule has 1 amide bonds. The van der Waals surface area contributed by atoms with E-state index in [1.807, 2.05) is 38.1 Å². The van der Waals surface area contributed by atoms with Crippen LogP contribution in [0.2, 0.25) is 0 Å². The molecule has 0 spiro atoms. The Hall–Kier alpha value is -2.21. The highest BCUT2D eigenvalue weighted by Gasteiger charge is 2.29. The fourth-order valence-electron chi connectivity index (χ4n) is 2.66. The van der Waals surface area contributed by atoms with Crippen molar-refractivity contribution in [2.45, 2.75) is 26.3 Å². The predicted molar refractivity (Wildman–Crippen MR) is 80.8 cm³/mol. The van der Waals surface area contributed by atoms with Crippen molar-refractivity contribution in [1.29, 1.82) is 0 Å². The van der Waals surface area contributed by atoms with Crippen molar-refractivity contribution in [2.24, 2.45) is 5.92 Å². The summed E-state index contributed by atoms with van der Waals surface area (Å²) in [4.78, 5) is 16.6. The Bertz CT molecular complexity index is 651. The number of carbonyl (C=O) groups excluding carboxylic acids is 1. The number of rotatable bonds is 3. The molecule has 0 bridgehead atoms. The van der Waals surface area contributed by atoms with Gasteiger partial charge in [-0.05, 0) is 38.9 Å². The van der Waals surface area contributed by atoms with E-state index in [1.165, 1.54) is 0 Å². The van der Waals surface area contributed by atoms with Crippen LogP contribution in [0.5, 0.6) is 0 Å². The molecule has 1 aliphatic rings. The van der Waals surface area contributed by atoms with Gasteiger partial charge in [-0.25, -0.2) is 4.98 Å². The summed E-state index contributed by atoms with van der Waals surface area (Å²) in [6.07, 6.45) is 0.882. The predicted octanol–water partition coefficient (Wildman–Crippen LogP) is 1.72. The topological polar surface area (TPSA) is 82.7 Å². The van der Waals surface area contributed by atoms with Crippen LogP contribution in [0, 0.1) is 12.8 Å². The molecule has 0 aliphatic carbocycles. The van der Waals surface area contributed by atoms with Gasteiger partial charge < -0.3 is 10.6 Å². The Labute approximate surface area is 123 Å². The second-order valence-electron chi connectivity index (χ2n) is 5.45. The Balaban J connectivity index is 1.76. The van der Waals surface area contributed by atoms with E-state index in [0.717, 1.165) is 30.0 Å². The largest absolute Gasteiger partial charge is 0.326 e. The van der Waals surface area contributed by atoms with Gasteiger partial charge in [-0.2, -0.15) is 5.10 Å². The molecule has 6 heteroatoms. The van der Waals surface area contributed by atoms with Crippen LogP contribution >= 0.6 is 0 Å². The molecule has 1 aromatic heterocycles. The number of hydrogen-bond acceptors (Lipinski definition) is 4. The standard InChI is InChI=1S/C15H19N5O/c1-9-13(6-7-16-9)15(21)18-12-5-3-4-11(8-12)14-17-10(2)19-20-14/h3-5,8-9,13,16H,6-7H2,1-2H3,(H,18,21)(H,17,19,20). The first-order valence-corrected chi connectivity index (χ1v) is 7.17. The van der Waals surface area contributed by atoms with Gasteiger partial charge in [0.15, 0.2) is 5.82 Å². The van der Waals surface area contributed by atoms with Crippen LogP contribution < -0.4 is 10.6 Å². The summed E-state index contributed by atoms with van der Waals surface area (Å²) < 4.78 is 0. The molecule has 2 atom stereocenters. The minimum absolute atomic E-state index is 0.0272. The van der Waals surface area contributed by atoms with E-state index in [9.17, 15) is 4.79 Å². The van der Waals surface area contributed by atoms with E-state index in [1.54, 1.807) is 0 Å². The number of amides is 1. The number of aromatic nitrogens is 3. The summed E-state index contributed by atoms with van der Waals surface area (Å²) in [5.74, 6) is 1.50. The Morgan fingerprint density at radius 2 is 2.29 bits per heavy atom. The summed E-state index contributed by atoms with van der Waals surface area (Å²) >= 11 is 0. The lowest BCUT2D eigenvalue weighted by Crippen LogP contribution is -2.32. The highest BCUT2D eigenvalue weighted by atomic mass is 16.1. The zero-order chi connectivity index (χ0) is 14.8. The minimum Gasteiger partial charge on any atom is -0.326 e. The van der Waals surface area contributed by atoms with Crippen molar-refractivity contribution in [2.75, 3.05) is 11.9 Å². The minimum atomic E-state index is 0.0272. The number of anilines is 1. The van der Waals surface area contributed by atoms with E-state index < -0.39 is 0 Å². The SMILES string of the molecule is Cc1nc(-c2cccc(NC(=O)C3CCNC3C)c2)n[nH]1. The molecule has 1 fully saturated rings. The first-order valence-electron chi connectivity index (χ1n) is 7.17. The number of benzene rings is 1. The van der Waals surface area contributed by atoms with Gasteiger partial charge in [-0.1, -0.05) is 12.1 Å². The number of aryl methyl sites for hydroxylation is 1. The van der Waals surface area contributed by atoms with E-state index in [4.69, 9.17) is 0 Å². The fraction of sp³-hybridized carbons (Fsp3) is 0.400. The molecular formula is C15H19N5O. The van der Waals surface area contributed by atoms with Crippen LogP contribution in [0.4, 0.5) is 5.69 Å². The fourth-order valence-corrected chi connectivity index (χ4v) is 2.66. The quantitative estimate of drug-likeness (QED) is 0.802. The molecule has 21 heavy (non-hydrogen) atoms. The van der Waals surface area contributed by atoms with Gasteiger partial charge in [0.25, 0.3) is 0 Å². The van der Waals surface area contributed by atoms with Crippen LogP contribution in [-0.4, -0.2) is 33.7 Å². The van der Waals surface area contributed by atoms with E-state index in [0.29, 0.717) is 5.82 Å². The summed E-state index contributed by atoms with van der Waals surface area (Å²) in [7, 11) is 0. The number of aromatic amines is 1. The van der Waals surface area contributed by atoms with Gasteiger partial charge in [-0.3, -0.25) is 9.89 Å². The normalized spacial score (nSPS) is 21.4. The number of carbonyl (C=O) groups is 1. The molecule has 3 N–H and O–H groups in total. The molecule has 2 unspecified atom stereocenters. The molecule has 1 aromatic carbocycles. The van der Waals surface area contributed by atoms with E-state index >= 15 is 0 Å². The maximum Gasteiger partial charge on any atom is 0.229 e. The number of nitrogens with zero attached hydrogens (tertiary/aromatic N) is 2. The monoisotopic (exact) mass is 285 g/mol. The summed E-state index contributed by atoms with van der Waals surface area (Å²) in [5.41, 5.74) is 1.66. The van der Waals surface area contributed by atoms with E-state index in [-0.39, 0.29) is 17.9 Å². The molecule has 0 radical (unpaired) electrons. The van der Waals surface area contributed by atoms with Gasteiger partial charge in [0, 0.05) is 17.3 Å². The van der Waals surface area contributed by atoms with Crippen molar-refractivity contribution >= 4 is 11.6 Å². The molecule has 1 aliphatic heterocycles. The summed E-state index contributed by atoms with van der Waals surface area (Å²) in [6.45, 7) is 4.80. The molecular weight excluding hydrogens is 266 g/mol. The Kier molecular flexibility index (Phi) is 3.70. The van der Waals surface area contributed by atoms with Crippen molar-refractivity contribution in [3.63, 3.8) is 0 Å². The molecule has 2 heterocycles. The zero-order valence-electron chi connectivity index (χ0n) is 12.2. The van der Waals surface area contributed by atoms with Crippen molar-refractivity contribution in [3.05, 3.63) is 30.1 Å².